The van der Waals surface area contributed by atoms with Crippen LogP contribution in [0.3, 0.4) is 0 Å². The summed E-state index contributed by atoms with van der Waals surface area (Å²) in [5.41, 5.74) is 0. The first kappa shape index (κ1) is 16.9. The second kappa shape index (κ2) is 6.06. The predicted octanol–water partition coefficient (Wildman–Crippen LogP) is 4.33. The standard InChI is InChI=1S/C14H26O3P2/c1-6-19(5,7-2,8-3)17-18(15,16-4)14-12-10-9-11-13-14/h9-13H,6-8H2,1-5H3. The van der Waals surface area contributed by atoms with Gasteiger partial charge in [0.25, 0.3) is 0 Å². The van der Waals surface area contributed by atoms with Crippen molar-refractivity contribution in [2.24, 2.45) is 0 Å². The van der Waals surface area contributed by atoms with Gasteiger partial charge in [0.15, 0.2) is 0 Å². The molecule has 0 saturated heterocycles. The number of benzene rings is 1. The van der Waals surface area contributed by atoms with Crippen LogP contribution in [-0.2, 0) is 13.4 Å². The first-order valence-electron chi connectivity index (χ1n) is 6.79. The Hall–Kier alpha value is -0.200. The number of hydrogen-bond acceptors (Lipinski definition) is 3. The maximum absolute atomic E-state index is 13.1. The Bertz CT molecular complexity index is 444. The summed E-state index contributed by atoms with van der Waals surface area (Å²) in [6.45, 7) is 6.10. The molecule has 1 aromatic carbocycles. The van der Waals surface area contributed by atoms with Crippen molar-refractivity contribution in [1.29, 1.82) is 0 Å². The van der Waals surface area contributed by atoms with E-state index in [2.05, 4.69) is 27.4 Å². The molecule has 0 amide bonds. The molecule has 5 heteroatoms. The summed E-state index contributed by atoms with van der Waals surface area (Å²) in [6, 6.07) is 9.24. The summed E-state index contributed by atoms with van der Waals surface area (Å²) < 4.78 is 24.6. The Kier molecular flexibility index (Phi) is 5.37. The molecule has 0 aromatic heterocycles. The molecule has 0 spiro atoms. The molecular formula is C14H26O3P2. The molecule has 0 heterocycles. The summed E-state index contributed by atoms with van der Waals surface area (Å²) in [7, 11) is -1.76. The summed E-state index contributed by atoms with van der Waals surface area (Å²) in [5, 5.41) is 0.642. The predicted molar refractivity (Wildman–Crippen MR) is 86.2 cm³/mol. The van der Waals surface area contributed by atoms with Crippen molar-refractivity contribution >= 4 is 19.7 Å². The summed E-state index contributed by atoms with van der Waals surface area (Å²) in [5.74, 6) is 0. The minimum atomic E-state index is -3.23. The molecule has 0 bridgehead atoms. The van der Waals surface area contributed by atoms with Crippen LogP contribution in [0.15, 0.2) is 30.3 Å². The van der Waals surface area contributed by atoms with Crippen LogP contribution in [0.4, 0.5) is 0 Å². The number of rotatable bonds is 7. The van der Waals surface area contributed by atoms with E-state index in [0.717, 1.165) is 18.5 Å². The summed E-state index contributed by atoms with van der Waals surface area (Å²) in [4.78, 5) is 0. The average Bonchev–Trinajstić information content (AvgIpc) is 2.48. The van der Waals surface area contributed by atoms with E-state index in [-0.39, 0.29) is 0 Å². The van der Waals surface area contributed by atoms with E-state index < -0.39 is 14.4 Å². The first-order chi connectivity index (χ1) is 8.85. The third-order valence-corrected chi connectivity index (χ3v) is 14.0. The fourth-order valence-electron chi connectivity index (χ4n) is 1.98. The molecule has 110 valence electrons. The summed E-state index contributed by atoms with van der Waals surface area (Å²) in [6.07, 6.45) is 2.75. The molecule has 1 aromatic rings. The van der Waals surface area contributed by atoms with Gasteiger partial charge in [-0.1, -0.05) is 0 Å². The van der Waals surface area contributed by atoms with Crippen molar-refractivity contribution in [2.45, 2.75) is 20.8 Å². The van der Waals surface area contributed by atoms with Crippen molar-refractivity contribution in [3.05, 3.63) is 30.3 Å². The van der Waals surface area contributed by atoms with E-state index in [0.29, 0.717) is 5.30 Å². The van der Waals surface area contributed by atoms with Gasteiger partial charge in [-0.05, 0) is 0 Å². The van der Waals surface area contributed by atoms with Crippen molar-refractivity contribution < 1.29 is 13.4 Å². The van der Waals surface area contributed by atoms with Crippen LogP contribution in [0.5, 0.6) is 0 Å². The van der Waals surface area contributed by atoms with Crippen molar-refractivity contribution in [3.63, 3.8) is 0 Å². The molecule has 1 unspecified atom stereocenters. The Balaban J connectivity index is 3.22. The second-order valence-corrected chi connectivity index (χ2v) is 14.0. The quantitative estimate of drug-likeness (QED) is 0.704. The molecule has 1 rings (SSSR count). The van der Waals surface area contributed by atoms with Crippen LogP contribution in [0, 0.1) is 0 Å². The van der Waals surface area contributed by atoms with E-state index in [1.165, 1.54) is 7.11 Å². The zero-order valence-electron chi connectivity index (χ0n) is 12.6. The topological polar surface area (TPSA) is 35.5 Å². The average molecular weight is 304 g/mol. The Labute approximate surface area is 117 Å². The Morgan fingerprint density at radius 1 is 1.05 bits per heavy atom. The van der Waals surface area contributed by atoms with Gasteiger partial charge in [0.05, 0.1) is 0 Å². The molecule has 0 saturated carbocycles. The van der Waals surface area contributed by atoms with E-state index in [1.807, 2.05) is 30.3 Å². The van der Waals surface area contributed by atoms with E-state index in [9.17, 15) is 4.57 Å². The fraction of sp³-hybridized carbons (Fsp3) is 0.571. The second-order valence-electron chi connectivity index (χ2n) is 5.24. The van der Waals surface area contributed by atoms with Crippen LogP contribution < -0.4 is 5.30 Å². The van der Waals surface area contributed by atoms with Gasteiger partial charge >= 0.3 is 116 Å². The molecule has 0 fully saturated rings. The van der Waals surface area contributed by atoms with Crippen molar-refractivity contribution in [3.8, 4) is 0 Å². The fourth-order valence-corrected chi connectivity index (χ4v) is 8.78. The summed E-state index contributed by atoms with van der Waals surface area (Å²) >= 11 is 0. The van der Waals surface area contributed by atoms with Gasteiger partial charge in [-0.3, -0.25) is 0 Å². The molecule has 19 heavy (non-hydrogen) atoms. The zero-order chi connectivity index (χ0) is 14.6. The normalized spacial score (nSPS) is 17.4. The monoisotopic (exact) mass is 304 g/mol. The van der Waals surface area contributed by atoms with Crippen LogP contribution >= 0.6 is 14.4 Å². The molecule has 0 aliphatic heterocycles. The SMILES string of the molecule is CCP(C)(CC)(CC)OP(=O)(OC)c1ccccc1. The van der Waals surface area contributed by atoms with Gasteiger partial charge in [-0.15, -0.1) is 0 Å². The van der Waals surface area contributed by atoms with Gasteiger partial charge in [-0.2, -0.15) is 0 Å². The maximum atomic E-state index is 13.1. The van der Waals surface area contributed by atoms with Gasteiger partial charge in [0.1, 0.15) is 0 Å². The van der Waals surface area contributed by atoms with E-state index >= 15 is 0 Å². The molecule has 1 atom stereocenters. The van der Waals surface area contributed by atoms with Crippen molar-refractivity contribution in [1.82, 2.24) is 0 Å². The van der Waals surface area contributed by atoms with Gasteiger partial charge in [0.2, 0.25) is 0 Å². The van der Waals surface area contributed by atoms with Crippen LogP contribution in [-0.4, -0.2) is 32.3 Å². The molecule has 0 aliphatic carbocycles. The van der Waals surface area contributed by atoms with Gasteiger partial charge in [0, 0.05) is 0 Å². The minimum absolute atomic E-state index is 0.642. The Morgan fingerprint density at radius 2 is 1.53 bits per heavy atom. The Morgan fingerprint density at radius 3 is 1.89 bits per heavy atom. The molecule has 0 aliphatic rings. The van der Waals surface area contributed by atoms with Crippen LogP contribution in [0.25, 0.3) is 0 Å². The van der Waals surface area contributed by atoms with Crippen molar-refractivity contribution in [2.75, 3.05) is 32.3 Å². The zero-order valence-corrected chi connectivity index (χ0v) is 14.4. The van der Waals surface area contributed by atoms with Crippen LogP contribution in [0.1, 0.15) is 20.8 Å². The van der Waals surface area contributed by atoms with E-state index in [4.69, 9.17) is 8.83 Å². The van der Waals surface area contributed by atoms with Gasteiger partial charge in [-0.25, -0.2) is 0 Å². The van der Waals surface area contributed by atoms with Gasteiger partial charge < -0.3 is 0 Å². The first-order valence-corrected chi connectivity index (χ1v) is 11.5. The molecular weight excluding hydrogens is 278 g/mol. The van der Waals surface area contributed by atoms with Crippen LogP contribution in [0.2, 0.25) is 0 Å². The third kappa shape index (κ3) is 3.47. The molecule has 0 N–H and O–H groups in total. The molecule has 3 nitrogen and oxygen atoms in total. The third-order valence-electron chi connectivity index (χ3n) is 4.35. The molecule has 0 radical (unpaired) electrons. The number of hydrogen-bond donors (Lipinski definition) is 0. The van der Waals surface area contributed by atoms with E-state index in [1.54, 1.807) is 0 Å².